The van der Waals surface area contributed by atoms with Gasteiger partial charge in [-0.05, 0) is 106 Å². The minimum atomic E-state index is 0.657. The third kappa shape index (κ3) is 9.81. The summed E-state index contributed by atoms with van der Waals surface area (Å²) in [5.74, 6) is 0. The topological polar surface area (TPSA) is 72.2 Å². The van der Waals surface area contributed by atoms with Gasteiger partial charge in [-0.1, -0.05) is 109 Å². The first kappa shape index (κ1) is 35.7. The lowest BCUT2D eigenvalue weighted by Gasteiger charge is -2.29. The van der Waals surface area contributed by atoms with Crippen molar-refractivity contribution < 1.29 is 0 Å². The van der Waals surface area contributed by atoms with Gasteiger partial charge in [0.05, 0.1) is 0 Å². The first-order valence-corrected chi connectivity index (χ1v) is 18.7. The maximum atomic E-state index is 3.81. The van der Waals surface area contributed by atoms with E-state index in [9.17, 15) is 0 Å². The average Bonchev–Trinajstić information content (AvgIpc) is 3.24. The summed E-state index contributed by atoms with van der Waals surface area (Å²) in [6.07, 6.45) is 0. The van der Waals surface area contributed by atoms with Crippen molar-refractivity contribution in [3.63, 3.8) is 0 Å². The van der Waals surface area contributed by atoms with Gasteiger partial charge in [0, 0.05) is 73.4 Å². The molecule has 6 N–H and O–H groups in total. The van der Waals surface area contributed by atoms with E-state index in [1.807, 2.05) is 0 Å². The molecule has 6 nitrogen and oxygen atoms in total. The Balaban J connectivity index is 1.42. The molecule has 0 aromatic heterocycles. The molecule has 0 aliphatic carbocycles. The Morgan fingerprint density at radius 1 is 0.185 bits per heavy atom. The summed E-state index contributed by atoms with van der Waals surface area (Å²) in [6.45, 7) is 3.94. The molecule has 6 heteroatoms. The zero-order chi connectivity index (χ0) is 36.6. The Morgan fingerprint density at radius 2 is 0.315 bits per heavy atom. The first-order valence-electron chi connectivity index (χ1n) is 18.7. The predicted molar refractivity (Wildman–Crippen MR) is 229 cm³/mol. The van der Waals surface area contributed by atoms with E-state index in [-0.39, 0.29) is 0 Å². The summed E-state index contributed by atoms with van der Waals surface area (Å²) in [5, 5.41) is 22.8. The minimum absolute atomic E-state index is 0.657. The van der Waals surface area contributed by atoms with Crippen molar-refractivity contribution >= 4 is 34.1 Å². The van der Waals surface area contributed by atoms with Gasteiger partial charge in [-0.3, -0.25) is 0 Å². The average molecular weight is 709 g/mol. The maximum Gasteiger partial charge on any atom is 0.0407 e. The van der Waals surface area contributed by atoms with E-state index < -0.39 is 0 Å². The van der Waals surface area contributed by atoms with Crippen LogP contribution in [0.15, 0.2) is 182 Å². The second-order valence-electron chi connectivity index (χ2n) is 13.2. The predicted octanol–water partition coefficient (Wildman–Crippen LogP) is 11.4. The second-order valence-corrected chi connectivity index (χ2v) is 13.2. The molecule has 0 radical (unpaired) electrons. The van der Waals surface area contributed by atoms with Crippen LogP contribution in [-0.4, -0.2) is 0 Å². The number of para-hydroxylation sites is 6. The van der Waals surface area contributed by atoms with Crippen molar-refractivity contribution in [2.45, 2.75) is 39.3 Å². The summed E-state index contributed by atoms with van der Waals surface area (Å²) < 4.78 is 0. The SMILES string of the molecule is c1ccc(NCc2c(CNc3ccccc3)c(CNc3ccccc3)c(CNc3ccccc3)c(CNc3ccccc3)c2CNc2ccccc2)cc1. The summed E-state index contributed by atoms with van der Waals surface area (Å²) in [7, 11) is 0. The molecular weight excluding hydrogens is 661 g/mol. The highest BCUT2D eigenvalue weighted by molar-refractivity contribution is 5.60. The molecule has 7 aromatic carbocycles. The molecule has 7 aromatic rings. The molecule has 0 unspecified atom stereocenters. The van der Waals surface area contributed by atoms with Gasteiger partial charge in [-0.25, -0.2) is 0 Å². The lowest BCUT2D eigenvalue weighted by atomic mass is 9.85. The van der Waals surface area contributed by atoms with Crippen molar-refractivity contribution in [2.24, 2.45) is 0 Å². The molecule has 0 heterocycles. The number of anilines is 6. The van der Waals surface area contributed by atoms with Gasteiger partial charge >= 0.3 is 0 Å². The van der Waals surface area contributed by atoms with Crippen molar-refractivity contribution in [3.8, 4) is 0 Å². The van der Waals surface area contributed by atoms with Crippen molar-refractivity contribution in [3.05, 3.63) is 215 Å². The quantitative estimate of drug-likeness (QED) is 0.0533. The molecule has 7 rings (SSSR count). The highest BCUT2D eigenvalue weighted by atomic mass is 14.9. The van der Waals surface area contributed by atoms with Crippen LogP contribution in [0.2, 0.25) is 0 Å². The summed E-state index contributed by atoms with van der Waals surface area (Å²) in [6, 6.07) is 63.0. The number of nitrogens with one attached hydrogen (secondary N) is 6. The highest BCUT2D eigenvalue weighted by Gasteiger charge is 2.24. The van der Waals surface area contributed by atoms with Crippen LogP contribution in [0.25, 0.3) is 0 Å². The zero-order valence-corrected chi connectivity index (χ0v) is 30.6. The van der Waals surface area contributed by atoms with Gasteiger partial charge in [-0.15, -0.1) is 0 Å². The van der Waals surface area contributed by atoms with Crippen LogP contribution < -0.4 is 31.9 Å². The van der Waals surface area contributed by atoms with Gasteiger partial charge in [0.25, 0.3) is 0 Å². The van der Waals surface area contributed by atoms with Crippen LogP contribution in [0, 0.1) is 0 Å². The number of hydrogen-bond donors (Lipinski definition) is 6. The fourth-order valence-electron chi connectivity index (χ4n) is 6.85. The molecule has 0 bridgehead atoms. The Kier molecular flexibility index (Phi) is 12.4. The Morgan fingerprint density at radius 3 is 0.444 bits per heavy atom. The second kappa shape index (κ2) is 18.7. The van der Waals surface area contributed by atoms with Gasteiger partial charge in [-0.2, -0.15) is 0 Å². The van der Waals surface area contributed by atoms with E-state index in [1.54, 1.807) is 0 Å². The smallest absolute Gasteiger partial charge is 0.0407 e. The van der Waals surface area contributed by atoms with Crippen molar-refractivity contribution in [1.82, 2.24) is 0 Å². The third-order valence-electron chi connectivity index (χ3n) is 9.64. The van der Waals surface area contributed by atoms with Gasteiger partial charge in [0.15, 0.2) is 0 Å². The first-order chi connectivity index (χ1) is 26.8. The van der Waals surface area contributed by atoms with Crippen LogP contribution >= 0.6 is 0 Å². The van der Waals surface area contributed by atoms with Crippen LogP contribution in [0.4, 0.5) is 34.1 Å². The minimum Gasteiger partial charge on any atom is -0.381 e. The van der Waals surface area contributed by atoms with E-state index in [0.717, 1.165) is 34.1 Å². The van der Waals surface area contributed by atoms with Crippen LogP contribution in [0.5, 0.6) is 0 Å². The Hall–Kier alpha value is -6.66. The van der Waals surface area contributed by atoms with Crippen LogP contribution in [0.3, 0.4) is 0 Å². The van der Waals surface area contributed by atoms with Gasteiger partial charge in [0.2, 0.25) is 0 Å². The molecule has 270 valence electrons. The molecule has 0 aliphatic rings. The lowest BCUT2D eigenvalue weighted by Crippen LogP contribution is -2.23. The molecule has 0 fully saturated rings. The number of rotatable bonds is 18. The summed E-state index contributed by atoms with van der Waals surface area (Å²) in [5.41, 5.74) is 14.2. The zero-order valence-electron chi connectivity index (χ0n) is 30.6. The maximum absolute atomic E-state index is 3.81. The molecule has 0 saturated carbocycles. The van der Waals surface area contributed by atoms with Crippen molar-refractivity contribution in [2.75, 3.05) is 31.9 Å². The monoisotopic (exact) mass is 708 g/mol. The van der Waals surface area contributed by atoms with E-state index >= 15 is 0 Å². The van der Waals surface area contributed by atoms with Crippen LogP contribution in [0.1, 0.15) is 33.4 Å². The summed E-state index contributed by atoms with van der Waals surface area (Å²) in [4.78, 5) is 0. The molecular formula is C48H48N6. The normalized spacial score (nSPS) is 10.7. The van der Waals surface area contributed by atoms with E-state index in [4.69, 9.17) is 0 Å². The molecule has 0 amide bonds. The lowest BCUT2D eigenvalue weighted by molar-refractivity contribution is 0.892. The third-order valence-corrected chi connectivity index (χ3v) is 9.64. The van der Waals surface area contributed by atoms with E-state index in [2.05, 4.69) is 214 Å². The highest BCUT2D eigenvalue weighted by Crippen LogP contribution is 2.34. The Bertz CT molecular complexity index is 1720. The number of benzene rings is 7. The standard InChI is InChI=1S/C48H48N6/c1-7-19-37(20-8-1)49-31-43-44(32-50-38-21-9-2-10-22-38)46(34-52-40-25-13-4-14-26-40)48(36-54-42-29-17-6-18-30-42)47(35-53-41-27-15-5-16-28-41)45(43)33-51-39-23-11-3-12-24-39/h1-30,49-54H,31-36H2. The van der Waals surface area contributed by atoms with Crippen LogP contribution in [-0.2, 0) is 39.3 Å². The molecule has 0 atom stereocenters. The summed E-state index contributed by atoms with van der Waals surface area (Å²) >= 11 is 0. The van der Waals surface area contributed by atoms with Crippen molar-refractivity contribution in [1.29, 1.82) is 0 Å². The van der Waals surface area contributed by atoms with E-state index in [0.29, 0.717) is 39.3 Å². The van der Waals surface area contributed by atoms with E-state index in [1.165, 1.54) is 33.4 Å². The molecule has 0 spiro atoms. The largest absolute Gasteiger partial charge is 0.381 e. The fraction of sp³-hybridized carbons (Fsp3) is 0.125. The number of hydrogen-bond acceptors (Lipinski definition) is 6. The molecule has 54 heavy (non-hydrogen) atoms. The van der Waals surface area contributed by atoms with Gasteiger partial charge < -0.3 is 31.9 Å². The van der Waals surface area contributed by atoms with Gasteiger partial charge in [0.1, 0.15) is 0 Å². The molecule has 0 saturated heterocycles. The Labute approximate surface area is 319 Å². The molecule has 0 aliphatic heterocycles. The fourth-order valence-corrected chi connectivity index (χ4v) is 6.85.